The lowest BCUT2D eigenvalue weighted by atomic mass is 10.1. The molecule has 2 aromatic rings. The first-order valence-electron chi connectivity index (χ1n) is 5.64. The maximum atomic E-state index is 12.0. The molecule has 5 nitrogen and oxygen atoms in total. The molecule has 98 valence electrons. The highest BCUT2D eigenvalue weighted by atomic mass is 16.3. The van der Waals surface area contributed by atoms with Crippen LogP contribution in [0.25, 0.3) is 0 Å². The van der Waals surface area contributed by atoms with E-state index in [-0.39, 0.29) is 23.7 Å². The fourth-order valence-corrected chi connectivity index (χ4v) is 1.68. The minimum absolute atomic E-state index is 0.0468. The Morgan fingerprint density at radius 3 is 2.53 bits per heavy atom. The van der Waals surface area contributed by atoms with Crippen LogP contribution in [0.5, 0.6) is 11.5 Å². The number of aromatic hydroxyl groups is 2. The summed E-state index contributed by atoms with van der Waals surface area (Å²) < 4.78 is 0. The molecule has 19 heavy (non-hydrogen) atoms. The average Bonchev–Trinajstić information content (AvgIpc) is 2.39. The van der Waals surface area contributed by atoms with Crippen molar-refractivity contribution in [3.8, 4) is 11.5 Å². The second-order valence-electron chi connectivity index (χ2n) is 3.97. The molecule has 0 saturated carbocycles. The normalized spacial score (nSPS) is 10.2. The summed E-state index contributed by atoms with van der Waals surface area (Å²) in [6.45, 7) is -0.196. The monoisotopic (exact) mass is 259 g/mol. The van der Waals surface area contributed by atoms with Gasteiger partial charge >= 0.3 is 0 Å². The Kier molecular flexibility index (Phi) is 3.68. The third kappa shape index (κ3) is 2.83. The van der Waals surface area contributed by atoms with Crippen LogP contribution in [0.2, 0.25) is 0 Å². The molecule has 0 aliphatic carbocycles. The zero-order valence-corrected chi connectivity index (χ0v) is 10.00. The fourth-order valence-electron chi connectivity index (χ4n) is 1.68. The lowest BCUT2D eigenvalue weighted by Gasteiger charge is -2.10. The second kappa shape index (κ2) is 5.41. The van der Waals surface area contributed by atoms with Gasteiger partial charge in [-0.3, -0.25) is 4.79 Å². The summed E-state index contributed by atoms with van der Waals surface area (Å²) in [5.74, 6) is -0.942. The minimum Gasteiger partial charge on any atom is -0.508 e. The number of benzene rings is 2. The quantitative estimate of drug-likeness (QED) is 0.677. The van der Waals surface area contributed by atoms with Crippen molar-refractivity contribution in [2.45, 2.75) is 6.61 Å². The van der Waals surface area contributed by atoms with Gasteiger partial charge in [0.2, 0.25) is 0 Å². The molecule has 0 bridgehead atoms. The van der Waals surface area contributed by atoms with Gasteiger partial charge in [-0.25, -0.2) is 0 Å². The number of hydrogen-bond acceptors (Lipinski definition) is 4. The molecule has 0 aliphatic rings. The van der Waals surface area contributed by atoms with Crippen LogP contribution in [-0.4, -0.2) is 21.2 Å². The van der Waals surface area contributed by atoms with Gasteiger partial charge in [0, 0.05) is 17.3 Å². The smallest absolute Gasteiger partial charge is 0.259 e. The van der Waals surface area contributed by atoms with E-state index >= 15 is 0 Å². The molecule has 0 aliphatic heterocycles. The Bertz CT molecular complexity index is 610. The van der Waals surface area contributed by atoms with Crippen molar-refractivity contribution in [3.63, 3.8) is 0 Å². The molecule has 1 amide bonds. The first-order valence-corrected chi connectivity index (χ1v) is 5.64. The number of carbonyl (C=O) groups excluding carboxylic acids is 1. The fraction of sp³-hybridized carbons (Fsp3) is 0.0714. The van der Waals surface area contributed by atoms with Gasteiger partial charge in [0.05, 0.1) is 12.2 Å². The molecule has 0 saturated heterocycles. The van der Waals surface area contributed by atoms with Gasteiger partial charge in [-0.2, -0.15) is 0 Å². The highest BCUT2D eigenvalue weighted by molar-refractivity contribution is 6.06. The first kappa shape index (κ1) is 12.9. The van der Waals surface area contributed by atoms with Crippen LogP contribution in [0.15, 0.2) is 42.5 Å². The summed E-state index contributed by atoms with van der Waals surface area (Å²) in [6.07, 6.45) is 0. The molecule has 0 unspecified atom stereocenters. The Balaban J connectivity index is 2.26. The van der Waals surface area contributed by atoms with E-state index in [2.05, 4.69) is 5.32 Å². The number of rotatable bonds is 3. The summed E-state index contributed by atoms with van der Waals surface area (Å²) in [7, 11) is 0. The van der Waals surface area contributed by atoms with E-state index < -0.39 is 5.91 Å². The average molecular weight is 259 g/mol. The van der Waals surface area contributed by atoms with Gasteiger partial charge in [0.1, 0.15) is 11.5 Å². The Labute approximate surface area is 109 Å². The Morgan fingerprint density at radius 1 is 1.11 bits per heavy atom. The van der Waals surface area contributed by atoms with Crippen LogP contribution in [0.4, 0.5) is 5.69 Å². The Morgan fingerprint density at radius 2 is 1.84 bits per heavy atom. The summed E-state index contributed by atoms with van der Waals surface area (Å²) >= 11 is 0. The van der Waals surface area contributed by atoms with Crippen molar-refractivity contribution >= 4 is 11.6 Å². The van der Waals surface area contributed by atoms with Gasteiger partial charge in [-0.1, -0.05) is 18.2 Å². The number of amides is 1. The van der Waals surface area contributed by atoms with Crippen molar-refractivity contribution in [2.75, 3.05) is 5.32 Å². The molecule has 0 radical (unpaired) electrons. The van der Waals surface area contributed by atoms with Crippen LogP contribution >= 0.6 is 0 Å². The lowest BCUT2D eigenvalue weighted by Crippen LogP contribution is -2.13. The molecular weight excluding hydrogens is 246 g/mol. The minimum atomic E-state index is -0.515. The SMILES string of the molecule is O=C(Nc1ccccc1CO)c1ccc(O)cc1O. The molecular formula is C14H13NO4. The molecule has 2 rings (SSSR count). The van der Waals surface area contributed by atoms with Crippen LogP contribution < -0.4 is 5.32 Å². The highest BCUT2D eigenvalue weighted by Gasteiger charge is 2.13. The number of aliphatic hydroxyl groups is 1. The second-order valence-corrected chi connectivity index (χ2v) is 3.97. The maximum Gasteiger partial charge on any atom is 0.259 e. The van der Waals surface area contributed by atoms with Crippen molar-refractivity contribution in [1.82, 2.24) is 0 Å². The molecule has 0 spiro atoms. The topological polar surface area (TPSA) is 89.8 Å². The van der Waals surface area contributed by atoms with Crippen molar-refractivity contribution in [1.29, 1.82) is 0 Å². The maximum absolute atomic E-state index is 12.0. The van der Waals surface area contributed by atoms with E-state index in [9.17, 15) is 9.90 Å². The molecule has 5 heteroatoms. The van der Waals surface area contributed by atoms with Crippen LogP contribution in [-0.2, 0) is 6.61 Å². The lowest BCUT2D eigenvalue weighted by molar-refractivity contribution is 0.102. The van der Waals surface area contributed by atoms with Crippen LogP contribution in [0, 0.1) is 0 Å². The standard InChI is InChI=1S/C14H13NO4/c16-8-9-3-1-2-4-12(9)15-14(19)11-6-5-10(17)7-13(11)18/h1-7,16-18H,8H2,(H,15,19). The number of phenolic OH excluding ortho intramolecular Hbond substituents is 2. The molecule has 0 fully saturated rings. The first-order chi connectivity index (χ1) is 9.11. The number of hydrogen-bond donors (Lipinski definition) is 4. The predicted molar refractivity (Wildman–Crippen MR) is 70.1 cm³/mol. The zero-order chi connectivity index (χ0) is 13.8. The van der Waals surface area contributed by atoms with Crippen LogP contribution in [0.3, 0.4) is 0 Å². The summed E-state index contributed by atoms with van der Waals surface area (Å²) in [5.41, 5.74) is 1.10. The summed E-state index contributed by atoms with van der Waals surface area (Å²) in [6, 6.07) is 10.5. The number of phenols is 2. The van der Waals surface area contributed by atoms with E-state index in [1.807, 2.05) is 0 Å². The third-order valence-electron chi connectivity index (χ3n) is 2.66. The summed E-state index contributed by atoms with van der Waals surface area (Å²) in [4.78, 5) is 12.0. The number of carbonyl (C=O) groups is 1. The van der Waals surface area contributed by atoms with E-state index in [0.717, 1.165) is 6.07 Å². The number of nitrogens with one attached hydrogen (secondary N) is 1. The van der Waals surface area contributed by atoms with Gasteiger partial charge in [-0.05, 0) is 18.2 Å². The largest absolute Gasteiger partial charge is 0.508 e. The third-order valence-corrected chi connectivity index (χ3v) is 2.66. The number of anilines is 1. The van der Waals surface area contributed by atoms with E-state index in [1.165, 1.54) is 12.1 Å². The van der Waals surface area contributed by atoms with Crippen molar-refractivity contribution in [3.05, 3.63) is 53.6 Å². The highest BCUT2D eigenvalue weighted by Crippen LogP contribution is 2.24. The van der Waals surface area contributed by atoms with Gasteiger partial charge in [0.25, 0.3) is 5.91 Å². The molecule has 4 N–H and O–H groups in total. The zero-order valence-electron chi connectivity index (χ0n) is 10.00. The summed E-state index contributed by atoms with van der Waals surface area (Å²) in [5, 5.41) is 30.5. The van der Waals surface area contributed by atoms with E-state index in [4.69, 9.17) is 10.2 Å². The molecule has 0 heterocycles. The van der Waals surface area contributed by atoms with Gasteiger partial charge in [-0.15, -0.1) is 0 Å². The van der Waals surface area contributed by atoms with Crippen molar-refractivity contribution < 1.29 is 20.1 Å². The van der Waals surface area contributed by atoms with Crippen LogP contribution in [0.1, 0.15) is 15.9 Å². The van der Waals surface area contributed by atoms with Gasteiger partial charge in [0.15, 0.2) is 0 Å². The molecule has 0 aromatic heterocycles. The van der Waals surface area contributed by atoms with Crippen molar-refractivity contribution in [2.24, 2.45) is 0 Å². The van der Waals surface area contributed by atoms with E-state index in [0.29, 0.717) is 11.3 Å². The number of para-hydroxylation sites is 1. The predicted octanol–water partition coefficient (Wildman–Crippen LogP) is 1.84. The Hall–Kier alpha value is -2.53. The van der Waals surface area contributed by atoms with E-state index in [1.54, 1.807) is 24.3 Å². The van der Waals surface area contributed by atoms with Gasteiger partial charge < -0.3 is 20.6 Å². The molecule has 0 atom stereocenters. The molecule has 2 aromatic carbocycles. The number of aliphatic hydroxyl groups excluding tert-OH is 1.